The molecule has 0 aliphatic carbocycles. The van der Waals surface area contributed by atoms with E-state index in [1.807, 2.05) is 0 Å². The van der Waals surface area contributed by atoms with E-state index in [2.05, 4.69) is 21.2 Å². The van der Waals surface area contributed by atoms with Gasteiger partial charge in [0.2, 0.25) is 0 Å². The molecule has 2 rings (SSSR count). The van der Waals surface area contributed by atoms with Crippen LogP contribution in [0.4, 0.5) is 10.1 Å². The molecule has 1 amide bonds. The Balaban J connectivity index is 2.28. The first-order valence-electron chi connectivity index (χ1n) is 5.67. The van der Waals surface area contributed by atoms with E-state index >= 15 is 0 Å². The molecule has 0 unspecified atom stereocenters. The van der Waals surface area contributed by atoms with E-state index in [1.54, 1.807) is 0 Å². The number of carboxylic acids is 1. The third-order valence-corrected chi connectivity index (χ3v) is 3.64. The van der Waals surface area contributed by atoms with Crippen LogP contribution in [0.15, 0.2) is 40.9 Å². The van der Waals surface area contributed by atoms with Crippen molar-refractivity contribution in [2.75, 3.05) is 5.32 Å². The molecule has 0 saturated carbocycles. The fourth-order valence-corrected chi connectivity index (χ4v) is 2.05. The standard InChI is InChI=1S/C14H8BrClFNO3/c15-9-3-1-8(14(20)21)6-12(9)18-13(19)7-2-4-10(16)11(17)5-7/h1-6H,(H,18,19)(H,20,21). The highest BCUT2D eigenvalue weighted by Gasteiger charge is 2.12. The number of hydrogen-bond acceptors (Lipinski definition) is 2. The molecule has 0 radical (unpaired) electrons. The lowest BCUT2D eigenvalue weighted by Gasteiger charge is -2.09. The summed E-state index contributed by atoms with van der Waals surface area (Å²) < 4.78 is 13.8. The summed E-state index contributed by atoms with van der Waals surface area (Å²) >= 11 is 8.75. The Morgan fingerprint density at radius 2 is 1.81 bits per heavy atom. The van der Waals surface area contributed by atoms with Crippen molar-refractivity contribution in [2.45, 2.75) is 0 Å². The molecular formula is C14H8BrClFNO3. The van der Waals surface area contributed by atoms with Crippen molar-refractivity contribution in [3.63, 3.8) is 0 Å². The van der Waals surface area contributed by atoms with Crippen LogP contribution in [0, 0.1) is 5.82 Å². The van der Waals surface area contributed by atoms with Crippen LogP contribution in [0.3, 0.4) is 0 Å². The van der Waals surface area contributed by atoms with E-state index < -0.39 is 17.7 Å². The molecule has 108 valence electrons. The van der Waals surface area contributed by atoms with E-state index in [1.165, 1.54) is 30.3 Å². The lowest BCUT2D eigenvalue weighted by atomic mass is 10.1. The summed E-state index contributed by atoms with van der Waals surface area (Å²) in [6.45, 7) is 0. The molecule has 0 fully saturated rings. The molecular weight excluding hydrogens is 365 g/mol. The Kier molecular flexibility index (Phi) is 4.59. The second-order valence-corrected chi connectivity index (χ2v) is 5.34. The number of halogens is 3. The zero-order valence-electron chi connectivity index (χ0n) is 10.4. The predicted octanol–water partition coefficient (Wildman–Crippen LogP) is 4.19. The van der Waals surface area contributed by atoms with Crippen LogP contribution in [-0.4, -0.2) is 17.0 Å². The molecule has 0 aliphatic heterocycles. The molecule has 0 saturated heterocycles. The van der Waals surface area contributed by atoms with Crippen LogP contribution in [-0.2, 0) is 0 Å². The summed E-state index contributed by atoms with van der Waals surface area (Å²) in [7, 11) is 0. The Hall–Kier alpha value is -1.92. The molecule has 7 heteroatoms. The summed E-state index contributed by atoms with van der Waals surface area (Å²) in [4.78, 5) is 22.9. The number of carbonyl (C=O) groups excluding carboxylic acids is 1. The lowest BCUT2D eigenvalue weighted by Crippen LogP contribution is -2.13. The third kappa shape index (κ3) is 3.59. The van der Waals surface area contributed by atoms with Gasteiger partial charge in [-0.15, -0.1) is 0 Å². The number of carbonyl (C=O) groups is 2. The summed E-state index contributed by atoms with van der Waals surface area (Å²) in [5.74, 6) is -2.40. The first-order chi connectivity index (χ1) is 9.88. The highest BCUT2D eigenvalue weighted by atomic mass is 79.9. The minimum atomic E-state index is -1.12. The first kappa shape index (κ1) is 15.5. The van der Waals surface area contributed by atoms with Gasteiger partial charge in [0, 0.05) is 10.0 Å². The summed E-state index contributed by atoms with van der Waals surface area (Å²) in [5, 5.41) is 11.4. The van der Waals surface area contributed by atoms with Crippen molar-refractivity contribution in [3.8, 4) is 0 Å². The highest BCUT2D eigenvalue weighted by Crippen LogP contribution is 2.25. The van der Waals surface area contributed by atoms with Gasteiger partial charge in [-0.1, -0.05) is 11.6 Å². The van der Waals surface area contributed by atoms with E-state index in [-0.39, 0.29) is 21.8 Å². The van der Waals surface area contributed by atoms with Crippen LogP contribution in [0.5, 0.6) is 0 Å². The van der Waals surface area contributed by atoms with Crippen molar-refractivity contribution >= 4 is 45.1 Å². The SMILES string of the molecule is O=C(O)c1ccc(Br)c(NC(=O)c2ccc(Cl)c(F)c2)c1. The number of aromatic carboxylic acids is 1. The average molecular weight is 373 g/mol. The minimum Gasteiger partial charge on any atom is -0.478 e. The Morgan fingerprint density at radius 3 is 2.43 bits per heavy atom. The van der Waals surface area contributed by atoms with Crippen LogP contribution >= 0.6 is 27.5 Å². The zero-order chi connectivity index (χ0) is 15.6. The fourth-order valence-electron chi connectivity index (χ4n) is 1.59. The Labute approximate surface area is 132 Å². The van der Waals surface area contributed by atoms with Crippen LogP contribution in [0.2, 0.25) is 5.02 Å². The molecule has 2 N–H and O–H groups in total. The maximum atomic E-state index is 13.3. The maximum Gasteiger partial charge on any atom is 0.335 e. The van der Waals surface area contributed by atoms with Crippen LogP contribution in [0.25, 0.3) is 0 Å². The predicted molar refractivity (Wildman–Crippen MR) is 80.5 cm³/mol. The van der Waals surface area contributed by atoms with Gasteiger partial charge in [-0.25, -0.2) is 9.18 Å². The molecule has 0 aromatic heterocycles. The highest BCUT2D eigenvalue weighted by molar-refractivity contribution is 9.10. The van der Waals surface area contributed by atoms with Gasteiger partial charge in [0.05, 0.1) is 16.3 Å². The molecule has 4 nitrogen and oxygen atoms in total. The van der Waals surface area contributed by atoms with Crippen molar-refractivity contribution in [2.24, 2.45) is 0 Å². The molecule has 0 heterocycles. The number of anilines is 1. The Morgan fingerprint density at radius 1 is 1.14 bits per heavy atom. The van der Waals surface area contributed by atoms with Crippen molar-refractivity contribution in [1.29, 1.82) is 0 Å². The molecule has 21 heavy (non-hydrogen) atoms. The summed E-state index contributed by atoms with van der Waals surface area (Å²) in [6.07, 6.45) is 0. The average Bonchev–Trinajstić information content (AvgIpc) is 2.43. The van der Waals surface area contributed by atoms with Gasteiger partial charge in [-0.2, -0.15) is 0 Å². The summed E-state index contributed by atoms with van der Waals surface area (Å²) in [6, 6.07) is 7.85. The van der Waals surface area contributed by atoms with Gasteiger partial charge in [0.15, 0.2) is 0 Å². The molecule has 2 aromatic rings. The third-order valence-electron chi connectivity index (χ3n) is 2.64. The van der Waals surface area contributed by atoms with Gasteiger partial charge >= 0.3 is 5.97 Å². The normalized spacial score (nSPS) is 10.2. The number of hydrogen-bond donors (Lipinski definition) is 2. The number of amides is 1. The fraction of sp³-hybridized carbons (Fsp3) is 0. The number of carboxylic acid groups (broad SMARTS) is 1. The van der Waals surface area contributed by atoms with Crippen molar-refractivity contribution < 1.29 is 19.1 Å². The van der Waals surface area contributed by atoms with E-state index in [9.17, 15) is 14.0 Å². The van der Waals surface area contributed by atoms with Gasteiger partial charge < -0.3 is 10.4 Å². The molecule has 0 aliphatic rings. The molecule has 2 aromatic carbocycles. The number of rotatable bonds is 3. The smallest absolute Gasteiger partial charge is 0.335 e. The van der Waals surface area contributed by atoms with Gasteiger partial charge in [-0.3, -0.25) is 4.79 Å². The van der Waals surface area contributed by atoms with Gasteiger partial charge in [0.1, 0.15) is 5.82 Å². The van der Waals surface area contributed by atoms with E-state index in [0.717, 1.165) is 6.07 Å². The van der Waals surface area contributed by atoms with Crippen LogP contribution < -0.4 is 5.32 Å². The summed E-state index contributed by atoms with van der Waals surface area (Å²) in [5.41, 5.74) is 0.371. The maximum absolute atomic E-state index is 13.3. The van der Waals surface area contributed by atoms with Gasteiger partial charge in [-0.05, 0) is 52.3 Å². The minimum absolute atomic E-state index is 0.0239. The first-order valence-corrected chi connectivity index (χ1v) is 6.85. The second kappa shape index (κ2) is 6.24. The second-order valence-electron chi connectivity index (χ2n) is 4.08. The van der Waals surface area contributed by atoms with Gasteiger partial charge in [0.25, 0.3) is 5.91 Å². The monoisotopic (exact) mass is 371 g/mol. The Bertz CT molecular complexity index is 736. The zero-order valence-corrected chi connectivity index (χ0v) is 12.7. The number of nitrogens with one attached hydrogen (secondary N) is 1. The quantitative estimate of drug-likeness (QED) is 0.849. The number of benzene rings is 2. The van der Waals surface area contributed by atoms with Crippen molar-refractivity contribution in [3.05, 3.63) is 62.8 Å². The molecule has 0 spiro atoms. The van der Waals surface area contributed by atoms with Crippen molar-refractivity contribution in [1.82, 2.24) is 0 Å². The molecule has 0 atom stereocenters. The molecule has 0 bridgehead atoms. The lowest BCUT2D eigenvalue weighted by molar-refractivity contribution is 0.0696. The largest absolute Gasteiger partial charge is 0.478 e. The van der Waals surface area contributed by atoms with E-state index in [4.69, 9.17) is 16.7 Å². The van der Waals surface area contributed by atoms with Crippen LogP contribution in [0.1, 0.15) is 20.7 Å². The van der Waals surface area contributed by atoms with E-state index in [0.29, 0.717) is 4.47 Å². The topological polar surface area (TPSA) is 66.4 Å².